The van der Waals surface area contributed by atoms with Crippen LogP contribution < -0.4 is 10.2 Å². The van der Waals surface area contributed by atoms with Crippen molar-refractivity contribution in [3.63, 3.8) is 0 Å². The zero-order chi connectivity index (χ0) is 19.8. The molecule has 1 N–H and O–H groups in total. The predicted molar refractivity (Wildman–Crippen MR) is 131 cm³/mol. The van der Waals surface area contributed by atoms with E-state index in [-0.39, 0.29) is 24.0 Å². The molecule has 2 aliphatic rings. The van der Waals surface area contributed by atoms with Crippen molar-refractivity contribution in [2.45, 2.75) is 32.7 Å². The van der Waals surface area contributed by atoms with E-state index in [4.69, 9.17) is 14.5 Å². The highest BCUT2D eigenvalue weighted by Gasteiger charge is 2.26. The van der Waals surface area contributed by atoms with Gasteiger partial charge < -0.3 is 24.6 Å². The Morgan fingerprint density at radius 1 is 1.28 bits per heavy atom. The summed E-state index contributed by atoms with van der Waals surface area (Å²) in [6.45, 7) is 11.3. The standard InChI is InChI=1S/C22H36N4O2.HI/c1-4-23-22(25-11-9-19(16-25)17-28-14-13-27-3)24-10-12-26-18(2)15-20-7-5-6-8-21(20)26;/h5-8,18-19H,4,9-17H2,1-3H3,(H,23,24);1H. The number of aliphatic imine (C=N–C) groups is 1. The summed E-state index contributed by atoms with van der Waals surface area (Å²) in [5.74, 6) is 1.62. The molecular weight excluding hydrogens is 479 g/mol. The van der Waals surface area contributed by atoms with Crippen molar-refractivity contribution >= 4 is 35.6 Å². The molecule has 2 atom stereocenters. The first-order valence-corrected chi connectivity index (χ1v) is 10.7. The fourth-order valence-electron chi connectivity index (χ4n) is 4.21. The number of benzene rings is 1. The number of rotatable bonds is 9. The molecule has 2 aliphatic heterocycles. The Labute approximate surface area is 193 Å². The fraction of sp³-hybridized carbons (Fsp3) is 0.682. The number of hydrogen-bond acceptors (Lipinski definition) is 4. The average Bonchev–Trinajstić information content (AvgIpc) is 3.29. The maximum absolute atomic E-state index is 5.72. The molecule has 2 heterocycles. The molecule has 1 aromatic rings. The van der Waals surface area contributed by atoms with Crippen LogP contribution in [0.15, 0.2) is 29.3 Å². The number of ether oxygens (including phenoxy) is 2. The number of methoxy groups -OCH3 is 1. The van der Waals surface area contributed by atoms with Crippen molar-refractivity contribution < 1.29 is 9.47 Å². The number of fused-ring (bicyclic) bond motifs is 1. The molecule has 0 radical (unpaired) electrons. The number of guanidine groups is 1. The molecule has 3 rings (SSSR count). The van der Waals surface area contributed by atoms with Crippen molar-refractivity contribution in [1.82, 2.24) is 10.2 Å². The van der Waals surface area contributed by atoms with Gasteiger partial charge in [0.2, 0.25) is 0 Å². The summed E-state index contributed by atoms with van der Waals surface area (Å²) in [6.07, 6.45) is 2.30. The molecule has 2 unspecified atom stereocenters. The summed E-state index contributed by atoms with van der Waals surface area (Å²) in [4.78, 5) is 9.82. The SMILES string of the molecule is CCNC(=NCCN1c2ccccc2CC1C)N1CCC(COCCOC)C1.I. The van der Waals surface area contributed by atoms with Crippen molar-refractivity contribution in [3.8, 4) is 0 Å². The van der Waals surface area contributed by atoms with Crippen LogP contribution in [0.5, 0.6) is 0 Å². The first-order valence-electron chi connectivity index (χ1n) is 10.7. The van der Waals surface area contributed by atoms with E-state index in [1.807, 2.05) is 0 Å². The highest BCUT2D eigenvalue weighted by atomic mass is 127. The highest BCUT2D eigenvalue weighted by Crippen LogP contribution is 2.31. The summed E-state index contributed by atoms with van der Waals surface area (Å²) >= 11 is 0. The Morgan fingerprint density at radius 3 is 2.90 bits per heavy atom. The van der Waals surface area contributed by atoms with E-state index in [0.717, 1.165) is 58.1 Å². The maximum Gasteiger partial charge on any atom is 0.193 e. The van der Waals surface area contributed by atoms with Gasteiger partial charge >= 0.3 is 0 Å². The topological polar surface area (TPSA) is 49.3 Å². The Kier molecular flexibility index (Phi) is 10.5. The maximum atomic E-state index is 5.72. The van der Waals surface area contributed by atoms with Gasteiger partial charge in [-0.05, 0) is 38.3 Å². The van der Waals surface area contributed by atoms with Crippen LogP contribution in [0.4, 0.5) is 5.69 Å². The molecule has 1 aromatic carbocycles. The van der Waals surface area contributed by atoms with E-state index < -0.39 is 0 Å². The molecule has 0 bridgehead atoms. The quantitative estimate of drug-likeness (QED) is 0.237. The average molecular weight is 516 g/mol. The minimum absolute atomic E-state index is 0. The van der Waals surface area contributed by atoms with Gasteiger partial charge in [0, 0.05) is 50.9 Å². The van der Waals surface area contributed by atoms with Gasteiger partial charge in [-0.3, -0.25) is 4.99 Å². The first kappa shape index (κ1) is 24.2. The Hall–Kier alpha value is -1.06. The Balaban J connectivity index is 0.00000300. The van der Waals surface area contributed by atoms with Crippen molar-refractivity contribution in [3.05, 3.63) is 29.8 Å². The largest absolute Gasteiger partial charge is 0.382 e. The number of anilines is 1. The molecule has 1 fully saturated rings. The van der Waals surface area contributed by atoms with Crippen LogP contribution >= 0.6 is 24.0 Å². The summed E-state index contributed by atoms with van der Waals surface area (Å²) < 4.78 is 10.8. The van der Waals surface area contributed by atoms with Gasteiger partial charge in [0.05, 0.1) is 26.4 Å². The molecule has 1 saturated heterocycles. The summed E-state index contributed by atoms with van der Waals surface area (Å²) in [6, 6.07) is 9.31. The van der Waals surface area contributed by atoms with Crippen LogP contribution in [0.25, 0.3) is 0 Å². The molecule has 0 amide bonds. The second-order valence-corrected chi connectivity index (χ2v) is 7.78. The van der Waals surface area contributed by atoms with E-state index in [2.05, 4.69) is 53.2 Å². The van der Waals surface area contributed by atoms with E-state index in [1.54, 1.807) is 7.11 Å². The van der Waals surface area contributed by atoms with E-state index in [9.17, 15) is 0 Å². The number of nitrogens with one attached hydrogen (secondary N) is 1. The van der Waals surface area contributed by atoms with Crippen LogP contribution in [0.3, 0.4) is 0 Å². The van der Waals surface area contributed by atoms with Gasteiger partial charge in [-0.2, -0.15) is 0 Å². The molecular formula is C22H37IN4O2. The summed E-state index contributed by atoms with van der Waals surface area (Å²) in [5, 5.41) is 3.47. The number of halogens is 1. The van der Waals surface area contributed by atoms with Gasteiger partial charge in [-0.1, -0.05) is 18.2 Å². The zero-order valence-corrected chi connectivity index (χ0v) is 20.4. The van der Waals surface area contributed by atoms with Gasteiger partial charge in [0.25, 0.3) is 0 Å². The monoisotopic (exact) mass is 516 g/mol. The van der Waals surface area contributed by atoms with E-state index in [1.165, 1.54) is 11.3 Å². The first-order chi connectivity index (χ1) is 13.7. The smallest absolute Gasteiger partial charge is 0.193 e. The minimum atomic E-state index is 0. The van der Waals surface area contributed by atoms with Gasteiger partial charge in [0.1, 0.15) is 0 Å². The molecule has 29 heavy (non-hydrogen) atoms. The van der Waals surface area contributed by atoms with E-state index in [0.29, 0.717) is 25.2 Å². The third-order valence-electron chi connectivity index (χ3n) is 5.66. The molecule has 0 spiro atoms. The molecule has 6 nitrogen and oxygen atoms in total. The molecule has 0 aliphatic carbocycles. The predicted octanol–water partition coefficient (Wildman–Crippen LogP) is 3.01. The van der Waals surface area contributed by atoms with Gasteiger partial charge in [-0.15, -0.1) is 24.0 Å². The van der Waals surface area contributed by atoms with Gasteiger partial charge in [-0.25, -0.2) is 0 Å². The molecule has 0 aromatic heterocycles. The third-order valence-corrected chi connectivity index (χ3v) is 5.66. The Morgan fingerprint density at radius 2 is 2.10 bits per heavy atom. The van der Waals surface area contributed by atoms with Crippen molar-refractivity contribution in [2.75, 3.05) is 64.6 Å². The lowest BCUT2D eigenvalue weighted by Crippen LogP contribution is -2.41. The third kappa shape index (κ3) is 6.72. The van der Waals surface area contributed by atoms with Gasteiger partial charge in [0.15, 0.2) is 5.96 Å². The van der Waals surface area contributed by atoms with Crippen LogP contribution in [-0.2, 0) is 15.9 Å². The summed E-state index contributed by atoms with van der Waals surface area (Å²) in [7, 11) is 1.71. The fourth-order valence-corrected chi connectivity index (χ4v) is 4.21. The van der Waals surface area contributed by atoms with Crippen molar-refractivity contribution in [1.29, 1.82) is 0 Å². The molecule has 0 saturated carbocycles. The number of para-hydroxylation sites is 1. The zero-order valence-electron chi connectivity index (χ0n) is 18.1. The highest BCUT2D eigenvalue weighted by molar-refractivity contribution is 14.0. The second-order valence-electron chi connectivity index (χ2n) is 7.78. The number of nitrogens with zero attached hydrogens (tertiary/aromatic N) is 3. The lowest BCUT2D eigenvalue weighted by molar-refractivity contribution is 0.0536. The van der Waals surface area contributed by atoms with E-state index >= 15 is 0 Å². The number of likely N-dealkylation sites (tertiary alicyclic amines) is 1. The van der Waals surface area contributed by atoms with Crippen LogP contribution in [-0.4, -0.2) is 76.6 Å². The van der Waals surface area contributed by atoms with Crippen LogP contribution in [0.2, 0.25) is 0 Å². The minimum Gasteiger partial charge on any atom is -0.382 e. The van der Waals surface area contributed by atoms with Crippen LogP contribution in [0.1, 0.15) is 25.8 Å². The second kappa shape index (κ2) is 12.6. The lowest BCUT2D eigenvalue weighted by Gasteiger charge is -2.25. The number of hydrogen-bond donors (Lipinski definition) is 1. The molecule has 7 heteroatoms. The normalized spacial score (nSPS) is 21.3. The Bertz CT molecular complexity index is 643. The van der Waals surface area contributed by atoms with Crippen LogP contribution in [0, 0.1) is 5.92 Å². The lowest BCUT2D eigenvalue weighted by atomic mass is 10.1. The molecule has 164 valence electrons. The summed E-state index contributed by atoms with van der Waals surface area (Å²) in [5.41, 5.74) is 2.84. The van der Waals surface area contributed by atoms with Crippen molar-refractivity contribution in [2.24, 2.45) is 10.9 Å².